The Bertz CT molecular complexity index is 525. The second-order valence-electron chi connectivity index (χ2n) is 5.54. The zero-order valence-corrected chi connectivity index (χ0v) is 13.7. The number of piperidine rings is 1. The number of benzene rings is 1. The number of urea groups is 1. The monoisotopic (exact) mass is 322 g/mol. The molecule has 2 N–H and O–H groups in total. The van der Waals surface area contributed by atoms with Gasteiger partial charge in [-0.25, -0.2) is 4.79 Å². The number of hydrogen-bond donors (Lipinski definition) is 2. The maximum Gasteiger partial charge on any atom is 0.317 e. The number of likely N-dealkylation sites (tertiary alicyclic amines) is 1. The molecule has 0 aliphatic carbocycles. The van der Waals surface area contributed by atoms with E-state index >= 15 is 0 Å². The van der Waals surface area contributed by atoms with Crippen LogP contribution in [-0.4, -0.2) is 41.4 Å². The molecule has 1 aliphatic rings. The summed E-state index contributed by atoms with van der Waals surface area (Å²) in [5.74, 6) is -1.08. The summed E-state index contributed by atoms with van der Waals surface area (Å²) in [5, 5.41) is 12.0. The number of nitrogens with zero attached hydrogens (tertiary/aromatic N) is 1. The van der Waals surface area contributed by atoms with Crippen LogP contribution in [0.1, 0.15) is 31.4 Å². The highest BCUT2D eigenvalue weighted by Crippen LogP contribution is 2.20. The topological polar surface area (TPSA) is 69.6 Å². The van der Waals surface area contributed by atoms with Gasteiger partial charge in [-0.05, 0) is 43.7 Å². The van der Waals surface area contributed by atoms with Crippen LogP contribution in [0.25, 0.3) is 0 Å². The molecule has 0 bridgehead atoms. The first-order valence-electron chi connectivity index (χ1n) is 7.43. The van der Waals surface area contributed by atoms with Crippen LogP contribution in [0, 0.1) is 5.92 Å². The van der Waals surface area contributed by atoms with Crippen molar-refractivity contribution in [1.82, 2.24) is 10.2 Å². The van der Waals surface area contributed by atoms with Crippen molar-refractivity contribution in [3.8, 4) is 0 Å². The van der Waals surface area contributed by atoms with Gasteiger partial charge in [-0.15, -0.1) is 11.8 Å². The molecule has 1 aliphatic heterocycles. The van der Waals surface area contributed by atoms with Gasteiger partial charge in [-0.1, -0.05) is 12.1 Å². The number of amides is 2. The number of carbonyl (C=O) groups excluding carboxylic acids is 1. The predicted molar refractivity (Wildman–Crippen MR) is 87.1 cm³/mol. The van der Waals surface area contributed by atoms with Gasteiger partial charge in [0.15, 0.2) is 0 Å². The standard InChI is InChI=1S/C16H22N2O3S/c1-11(12-3-5-14(22-2)6-4-12)17-16(21)18-9-7-13(8-10-18)15(19)20/h3-6,11,13H,7-10H2,1-2H3,(H,17,21)(H,19,20)/t11-/m0/s1. The molecular formula is C16H22N2O3S. The number of aliphatic carboxylic acids is 1. The number of rotatable bonds is 4. The van der Waals surface area contributed by atoms with E-state index in [2.05, 4.69) is 5.32 Å². The van der Waals surface area contributed by atoms with Gasteiger partial charge in [0.25, 0.3) is 0 Å². The number of nitrogens with one attached hydrogen (secondary N) is 1. The molecule has 0 radical (unpaired) electrons. The van der Waals surface area contributed by atoms with E-state index in [-0.39, 0.29) is 18.0 Å². The van der Waals surface area contributed by atoms with Crippen LogP contribution in [-0.2, 0) is 4.79 Å². The van der Waals surface area contributed by atoms with Gasteiger partial charge in [-0.3, -0.25) is 4.79 Å². The van der Waals surface area contributed by atoms with Crippen molar-refractivity contribution < 1.29 is 14.7 Å². The summed E-state index contributed by atoms with van der Waals surface area (Å²) in [7, 11) is 0. The Hall–Kier alpha value is -1.69. The first-order chi connectivity index (χ1) is 10.5. The number of hydrogen-bond acceptors (Lipinski definition) is 3. The van der Waals surface area contributed by atoms with Gasteiger partial charge in [-0.2, -0.15) is 0 Å². The molecule has 1 saturated heterocycles. The number of carboxylic acid groups (broad SMARTS) is 1. The lowest BCUT2D eigenvalue weighted by molar-refractivity contribution is -0.143. The lowest BCUT2D eigenvalue weighted by Crippen LogP contribution is -2.46. The Morgan fingerprint density at radius 1 is 1.27 bits per heavy atom. The van der Waals surface area contributed by atoms with Crippen molar-refractivity contribution in [1.29, 1.82) is 0 Å². The first kappa shape index (κ1) is 16.7. The molecule has 2 rings (SSSR count). The Morgan fingerprint density at radius 3 is 2.36 bits per heavy atom. The van der Waals surface area contributed by atoms with Crippen molar-refractivity contribution in [3.63, 3.8) is 0 Å². The maximum absolute atomic E-state index is 12.2. The fraction of sp³-hybridized carbons (Fsp3) is 0.500. The van der Waals surface area contributed by atoms with Gasteiger partial charge in [0, 0.05) is 18.0 Å². The number of carbonyl (C=O) groups is 2. The summed E-state index contributed by atoms with van der Waals surface area (Å²) in [6.07, 6.45) is 3.08. The van der Waals surface area contributed by atoms with Crippen LogP contribution in [0.15, 0.2) is 29.2 Å². The highest BCUT2D eigenvalue weighted by atomic mass is 32.2. The quantitative estimate of drug-likeness (QED) is 0.836. The maximum atomic E-state index is 12.2. The smallest absolute Gasteiger partial charge is 0.317 e. The third-order valence-electron chi connectivity index (χ3n) is 4.09. The summed E-state index contributed by atoms with van der Waals surface area (Å²) in [4.78, 5) is 26.1. The van der Waals surface area contributed by atoms with Gasteiger partial charge < -0.3 is 15.3 Å². The van der Waals surface area contributed by atoms with Gasteiger partial charge >= 0.3 is 12.0 Å². The second-order valence-corrected chi connectivity index (χ2v) is 6.42. The van der Waals surface area contributed by atoms with Gasteiger partial charge in [0.1, 0.15) is 0 Å². The van der Waals surface area contributed by atoms with Gasteiger partial charge in [0.05, 0.1) is 12.0 Å². The first-order valence-corrected chi connectivity index (χ1v) is 8.66. The molecule has 0 spiro atoms. The normalized spacial score (nSPS) is 17.1. The third-order valence-corrected chi connectivity index (χ3v) is 4.83. The van der Waals surface area contributed by atoms with Crippen LogP contribution in [0.2, 0.25) is 0 Å². The van der Waals surface area contributed by atoms with Crippen molar-refractivity contribution in [2.45, 2.75) is 30.7 Å². The molecule has 0 unspecified atom stereocenters. The molecule has 0 aromatic heterocycles. The van der Waals surface area contributed by atoms with Crippen molar-refractivity contribution >= 4 is 23.8 Å². The van der Waals surface area contributed by atoms with E-state index in [0.717, 1.165) is 5.56 Å². The van der Waals surface area contributed by atoms with Crippen molar-refractivity contribution in [2.75, 3.05) is 19.3 Å². The van der Waals surface area contributed by atoms with Crippen LogP contribution in [0.5, 0.6) is 0 Å². The van der Waals surface area contributed by atoms with E-state index in [1.54, 1.807) is 16.7 Å². The molecule has 1 aromatic rings. The lowest BCUT2D eigenvalue weighted by Gasteiger charge is -2.31. The highest BCUT2D eigenvalue weighted by molar-refractivity contribution is 7.98. The molecule has 1 fully saturated rings. The third kappa shape index (κ3) is 4.16. The minimum atomic E-state index is -0.762. The molecule has 1 atom stereocenters. The molecule has 6 heteroatoms. The molecule has 120 valence electrons. The Kier molecular flexibility index (Phi) is 5.71. The molecule has 1 aromatic carbocycles. The van der Waals surface area contributed by atoms with Crippen LogP contribution in [0.4, 0.5) is 4.79 Å². The van der Waals surface area contributed by atoms with Crippen LogP contribution >= 0.6 is 11.8 Å². The van der Waals surface area contributed by atoms with E-state index in [0.29, 0.717) is 25.9 Å². The number of thioether (sulfide) groups is 1. The minimum absolute atomic E-state index is 0.0689. The molecule has 2 amide bonds. The minimum Gasteiger partial charge on any atom is -0.481 e. The Labute approximate surface area is 135 Å². The number of carboxylic acids is 1. The molecule has 0 saturated carbocycles. The zero-order valence-electron chi connectivity index (χ0n) is 12.9. The average Bonchev–Trinajstić information content (AvgIpc) is 2.54. The SMILES string of the molecule is CSc1ccc([C@H](C)NC(=O)N2CCC(C(=O)O)CC2)cc1. The summed E-state index contributed by atoms with van der Waals surface area (Å²) in [6.45, 7) is 2.96. The fourth-order valence-electron chi connectivity index (χ4n) is 2.58. The Balaban J connectivity index is 1.87. The molecule has 1 heterocycles. The fourth-order valence-corrected chi connectivity index (χ4v) is 2.99. The summed E-state index contributed by atoms with van der Waals surface area (Å²) >= 11 is 1.68. The summed E-state index contributed by atoms with van der Waals surface area (Å²) in [5.41, 5.74) is 1.06. The van der Waals surface area contributed by atoms with Crippen LogP contribution in [0.3, 0.4) is 0 Å². The van der Waals surface area contributed by atoms with E-state index in [9.17, 15) is 9.59 Å². The molecule has 22 heavy (non-hydrogen) atoms. The zero-order chi connectivity index (χ0) is 16.1. The summed E-state index contributed by atoms with van der Waals surface area (Å²) < 4.78 is 0. The van der Waals surface area contributed by atoms with Crippen LogP contribution < -0.4 is 5.32 Å². The highest BCUT2D eigenvalue weighted by Gasteiger charge is 2.27. The van der Waals surface area contributed by atoms with E-state index in [4.69, 9.17) is 5.11 Å². The Morgan fingerprint density at radius 2 is 1.86 bits per heavy atom. The predicted octanol–water partition coefficient (Wildman–Crippen LogP) is 2.98. The van der Waals surface area contributed by atoms with E-state index < -0.39 is 5.97 Å². The van der Waals surface area contributed by atoms with Crippen molar-refractivity contribution in [2.24, 2.45) is 5.92 Å². The second kappa shape index (κ2) is 7.54. The van der Waals surface area contributed by atoms with Crippen molar-refractivity contribution in [3.05, 3.63) is 29.8 Å². The molecule has 5 nitrogen and oxygen atoms in total. The average molecular weight is 322 g/mol. The molecular weight excluding hydrogens is 300 g/mol. The lowest BCUT2D eigenvalue weighted by atomic mass is 9.97. The van der Waals surface area contributed by atoms with Gasteiger partial charge in [0.2, 0.25) is 0 Å². The van der Waals surface area contributed by atoms with E-state index in [1.807, 2.05) is 37.4 Å². The van der Waals surface area contributed by atoms with E-state index in [1.165, 1.54) is 4.90 Å². The summed E-state index contributed by atoms with van der Waals surface area (Å²) in [6, 6.07) is 7.94. The largest absolute Gasteiger partial charge is 0.481 e.